The van der Waals surface area contributed by atoms with E-state index in [1.54, 1.807) is 34.0 Å². The van der Waals surface area contributed by atoms with Gasteiger partial charge in [-0.15, -0.1) is 70.5 Å². The maximum absolute atomic E-state index is 12.8. The highest BCUT2D eigenvalue weighted by molar-refractivity contribution is 7.15. The number of aliphatic imine (C=N–C) groups is 3. The van der Waals surface area contributed by atoms with E-state index < -0.39 is 34.9 Å². The number of rotatable bonds is 9. The first-order chi connectivity index (χ1) is 47.8. The number of aryl methyl sites for hydroxylation is 6. The molecule has 6 aromatic heterocycles. The quantitative estimate of drug-likeness (QED) is 0.0806. The molecule has 522 valence electrons. The van der Waals surface area contributed by atoms with Crippen molar-refractivity contribution in [2.45, 2.75) is 199 Å². The van der Waals surface area contributed by atoms with Gasteiger partial charge in [0.05, 0.1) is 36.4 Å². The summed E-state index contributed by atoms with van der Waals surface area (Å²) in [4.78, 5) is 57.4. The van der Waals surface area contributed by atoms with Crippen molar-refractivity contribution in [2.75, 3.05) is 6.61 Å². The Bertz CT molecular complexity index is 4750. The van der Waals surface area contributed by atoms with Crippen molar-refractivity contribution in [1.29, 1.82) is 0 Å². The molecule has 9 heterocycles. The standard InChI is InChI=1S/C27H30N4O2S.C26H28N4O3S.C26H28N4O2S/c1-8-9-10-19-11-13-20(14-12-19)24-23-16(2)17(3)34-26(23)31-18(4)29-30-25(31)21(28-24)15-22(32)33-27(5,6)7;1-15-16(2)34-25-22(15)23(19-11-9-18(10-12-19)8-7-13-31)27-20(14-21(32)33-26(4,5)6)24-29-28-17(3)30(24)25;1-8-9-18-10-12-19(13-11-18)23-22-15(2)16(3)33-25(22)30-17(4)28-29-24(30)20(27-23)14-21(31)32-26(5,6)7/h11-14,21H,8,15H2,1-7H3;9-12,20,31H,13-14H2,1-6H3;10-13,20H,14H2,1-7H3/t21-;2*20-/m000/s1. The lowest BCUT2D eigenvalue weighted by Crippen LogP contribution is -2.25. The second kappa shape index (κ2) is 30.2. The van der Waals surface area contributed by atoms with Crippen LogP contribution in [0.1, 0.15) is 236 Å². The fraction of sp³-hybridized carbons (Fsp3) is 0.392. The van der Waals surface area contributed by atoms with Crippen molar-refractivity contribution in [1.82, 2.24) is 44.3 Å². The Morgan fingerprint density at radius 3 is 0.970 bits per heavy atom. The number of ether oxygens (including phenoxy) is 3. The van der Waals surface area contributed by atoms with Crippen LogP contribution >= 0.6 is 34.0 Å². The van der Waals surface area contributed by atoms with E-state index in [4.69, 9.17) is 34.3 Å². The molecular formula is C79H86N12O7S3. The lowest BCUT2D eigenvalue weighted by Gasteiger charge is -2.21. The third-order valence-corrected chi connectivity index (χ3v) is 20.1. The molecule has 0 bridgehead atoms. The molecule has 0 fully saturated rings. The number of fused-ring (bicyclic) bond motifs is 9. The van der Waals surface area contributed by atoms with E-state index in [-0.39, 0.29) is 43.8 Å². The third kappa shape index (κ3) is 16.7. The Kier molecular flexibility index (Phi) is 22.1. The van der Waals surface area contributed by atoms with Crippen molar-refractivity contribution >= 4 is 69.1 Å². The summed E-state index contributed by atoms with van der Waals surface area (Å²) in [6, 6.07) is 22.4. The molecule has 19 nitrogen and oxygen atoms in total. The molecule has 3 atom stereocenters. The summed E-state index contributed by atoms with van der Waals surface area (Å²) in [5.41, 5.74) is 13.0. The predicted molar refractivity (Wildman–Crippen MR) is 400 cm³/mol. The summed E-state index contributed by atoms with van der Waals surface area (Å²) in [7, 11) is 0. The molecule has 0 unspecified atom stereocenters. The molecule has 0 aliphatic carbocycles. The van der Waals surface area contributed by atoms with Gasteiger partial charge in [-0.25, -0.2) is 0 Å². The highest BCUT2D eigenvalue weighted by Gasteiger charge is 2.38. The molecule has 0 radical (unpaired) electrons. The van der Waals surface area contributed by atoms with Gasteiger partial charge in [-0.2, -0.15) is 0 Å². The molecule has 0 saturated carbocycles. The van der Waals surface area contributed by atoms with Crippen molar-refractivity contribution < 1.29 is 33.7 Å². The molecule has 9 aromatic rings. The number of aromatic nitrogens is 9. The number of hydrogen-bond donors (Lipinski definition) is 1. The first-order valence-corrected chi connectivity index (χ1v) is 36.0. The van der Waals surface area contributed by atoms with Gasteiger partial charge in [0.15, 0.2) is 17.5 Å². The normalized spacial score (nSPS) is 14.9. The van der Waals surface area contributed by atoms with Crippen LogP contribution < -0.4 is 0 Å². The lowest BCUT2D eigenvalue weighted by atomic mass is 9.98. The number of carbonyl (C=O) groups is 3. The average Bonchev–Trinajstić information content (AvgIpc) is 1.61. The van der Waals surface area contributed by atoms with Crippen LogP contribution in [-0.2, 0) is 28.6 Å². The SMILES string of the molecule is CC#Cc1ccc(C2=N[C@@H](CC(=O)OC(C)(C)C)c3nnc(C)n3-c3sc(C)c(C)c32)cc1.CCC#Cc1ccc(C2=N[C@@H](CC(=O)OC(C)(C)C)c3nnc(C)n3-c3sc(C)c(C)c32)cc1.Cc1sc2c(c1C)C(c1ccc(C#CCO)cc1)=N[C@@H](CC(=O)OC(C)(C)C)c1nnc(C)n1-2. The van der Waals surface area contributed by atoms with Gasteiger partial charge in [-0.05, 0) is 185 Å². The van der Waals surface area contributed by atoms with Crippen LogP contribution in [0.2, 0.25) is 0 Å². The summed E-state index contributed by atoms with van der Waals surface area (Å²) in [5.74, 6) is 21.2. The highest BCUT2D eigenvalue weighted by Crippen LogP contribution is 2.44. The monoisotopic (exact) mass is 1410 g/mol. The van der Waals surface area contributed by atoms with Crippen molar-refractivity contribution in [3.63, 3.8) is 0 Å². The smallest absolute Gasteiger partial charge is 0.308 e. The maximum Gasteiger partial charge on any atom is 0.308 e. The minimum Gasteiger partial charge on any atom is -0.460 e. The van der Waals surface area contributed by atoms with E-state index in [2.05, 4.69) is 120 Å². The molecule has 12 rings (SSSR count). The van der Waals surface area contributed by atoms with E-state index >= 15 is 0 Å². The van der Waals surface area contributed by atoms with Gasteiger partial charge in [0, 0.05) is 71.1 Å². The Morgan fingerprint density at radius 2 is 0.713 bits per heavy atom. The first-order valence-electron chi connectivity index (χ1n) is 33.6. The van der Waals surface area contributed by atoms with Gasteiger partial charge in [0.1, 0.15) is 74.0 Å². The van der Waals surface area contributed by atoms with Gasteiger partial charge in [-0.3, -0.25) is 43.1 Å². The molecule has 0 spiro atoms. The zero-order chi connectivity index (χ0) is 73.2. The van der Waals surface area contributed by atoms with Crippen LogP contribution in [-0.4, -0.2) is 108 Å². The van der Waals surface area contributed by atoms with Gasteiger partial charge in [-0.1, -0.05) is 72.9 Å². The number of benzene rings is 3. The molecule has 0 saturated heterocycles. The second-order valence-electron chi connectivity index (χ2n) is 27.8. The molecule has 3 aromatic carbocycles. The van der Waals surface area contributed by atoms with Gasteiger partial charge in [0.2, 0.25) is 0 Å². The predicted octanol–water partition coefficient (Wildman–Crippen LogP) is 15.1. The van der Waals surface area contributed by atoms with Crippen LogP contribution in [0, 0.1) is 97.8 Å². The Hall–Kier alpha value is -9.76. The Labute approximate surface area is 603 Å². The first kappa shape index (κ1) is 73.9. The number of aliphatic hydroxyl groups is 1. The molecule has 101 heavy (non-hydrogen) atoms. The molecule has 3 aliphatic heterocycles. The van der Waals surface area contributed by atoms with Crippen LogP contribution in [0.25, 0.3) is 15.0 Å². The molecular weight excluding hydrogens is 1330 g/mol. The summed E-state index contributed by atoms with van der Waals surface area (Å²) in [6.07, 6.45) is 1.06. The van der Waals surface area contributed by atoms with E-state index in [0.717, 1.165) is 112 Å². The number of carbonyl (C=O) groups excluding carboxylic acids is 3. The molecule has 3 aliphatic rings. The zero-order valence-corrected chi connectivity index (χ0v) is 63.6. The van der Waals surface area contributed by atoms with Gasteiger partial charge >= 0.3 is 17.9 Å². The molecule has 1 N–H and O–H groups in total. The number of thiophene rings is 3. The number of esters is 3. The number of nitrogens with zero attached hydrogens (tertiary/aromatic N) is 12. The molecule has 22 heteroatoms. The highest BCUT2D eigenvalue weighted by atomic mass is 32.1. The lowest BCUT2D eigenvalue weighted by molar-refractivity contribution is -0.156. The molecule has 0 amide bonds. The van der Waals surface area contributed by atoms with E-state index in [9.17, 15) is 14.4 Å². The summed E-state index contributed by atoms with van der Waals surface area (Å²) in [5, 5.41) is 38.3. The number of hydrogen-bond acceptors (Lipinski definition) is 19. The number of aliphatic hydroxyl groups excluding tert-OH is 1. The Balaban J connectivity index is 0.000000163. The maximum atomic E-state index is 12.8. The van der Waals surface area contributed by atoms with E-state index in [1.807, 2.05) is 171 Å². The van der Waals surface area contributed by atoms with Gasteiger partial charge in [0.25, 0.3) is 0 Å². The fourth-order valence-corrected chi connectivity index (χ4v) is 15.4. The second-order valence-corrected chi connectivity index (χ2v) is 31.4. The summed E-state index contributed by atoms with van der Waals surface area (Å²) < 4.78 is 22.9. The summed E-state index contributed by atoms with van der Waals surface area (Å²) >= 11 is 5.07. The van der Waals surface area contributed by atoms with E-state index in [0.29, 0.717) is 17.5 Å². The summed E-state index contributed by atoms with van der Waals surface area (Å²) in [6.45, 7) is 38.9. The fourth-order valence-electron chi connectivity index (χ4n) is 11.8. The minimum atomic E-state index is -0.588. The van der Waals surface area contributed by atoms with Crippen molar-refractivity contribution in [2.24, 2.45) is 15.0 Å². The van der Waals surface area contributed by atoms with Crippen molar-refractivity contribution in [3.05, 3.63) is 189 Å². The Morgan fingerprint density at radius 1 is 0.436 bits per heavy atom. The topological polar surface area (TPSA) is 228 Å². The average molecular weight is 1410 g/mol. The largest absolute Gasteiger partial charge is 0.460 e. The van der Waals surface area contributed by atoms with Crippen LogP contribution in [0.4, 0.5) is 0 Å². The van der Waals surface area contributed by atoms with Crippen molar-refractivity contribution in [3.8, 4) is 50.5 Å². The third-order valence-electron chi connectivity index (χ3n) is 16.5. The minimum absolute atomic E-state index is 0.0614. The van der Waals surface area contributed by atoms with Gasteiger partial charge < -0.3 is 19.3 Å². The van der Waals surface area contributed by atoms with Crippen LogP contribution in [0.5, 0.6) is 0 Å². The van der Waals surface area contributed by atoms with Crippen LogP contribution in [0.3, 0.4) is 0 Å². The van der Waals surface area contributed by atoms with Crippen LogP contribution in [0.15, 0.2) is 87.8 Å². The zero-order valence-electron chi connectivity index (χ0n) is 61.2. The van der Waals surface area contributed by atoms with E-state index in [1.165, 1.54) is 25.8 Å².